The molecule has 0 saturated heterocycles. The van der Waals surface area contributed by atoms with Crippen molar-refractivity contribution in [3.8, 4) is 22.5 Å². The molecule has 269 valence electrons. The summed E-state index contributed by atoms with van der Waals surface area (Å²) in [6, 6.07) is 25.4. The third kappa shape index (κ3) is 9.09. The van der Waals surface area contributed by atoms with Crippen LogP contribution >= 0.6 is 11.3 Å². The molecule has 3 aromatic heterocycles. The van der Waals surface area contributed by atoms with Gasteiger partial charge in [0.05, 0.1) is 25.0 Å². The van der Waals surface area contributed by atoms with Gasteiger partial charge in [0.15, 0.2) is 5.78 Å². The molecule has 3 heterocycles. The summed E-state index contributed by atoms with van der Waals surface area (Å²) in [5, 5.41) is 14.6. The van der Waals surface area contributed by atoms with Gasteiger partial charge in [0.2, 0.25) is 0 Å². The van der Waals surface area contributed by atoms with E-state index in [1.54, 1.807) is 17.7 Å². The molecule has 0 unspecified atom stereocenters. The summed E-state index contributed by atoms with van der Waals surface area (Å²) in [6.07, 6.45) is 6.59. The van der Waals surface area contributed by atoms with Crippen LogP contribution in [0.25, 0.3) is 53.6 Å². The molecule has 5 nitrogen and oxygen atoms in total. The van der Waals surface area contributed by atoms with Crippen molar-refractivity contribution in [2.75, 3.05) is 0 Å². The second kappa shape index (κ2) is 17.3. The molecule has 51 heavy (non-hydrogen) atoms. The Morgan fingerprint density at radius 3 is 2.22 bits per heavy atom. The van der Waals surface area contributed by atoms with Crippen LogP contribution in [-0.4, -0.2) is 33.9 Å². The van der Waals surface area contributed by atoms with Gasteiger partial charge in [0, 0.05) is 64.2 Å². The zero-order valence-corrected chi connectivity index (χ0v) is 35.6. The Morgan fingerprint density at radius 2 is 1.57 bits per heavy atom. The summed E-state index contributed by atoms with van der Waals surface area (Å²) in [6.45, 7) is 19.4. The number of hydrogen-bond acceptors (Lipinski definition) is 6. The van der Waals surface area contributed by atoms with E-state index in [4.69, 9.17) is 15.0 Å². The molecular formula is C43H50IrN3O2SSi-. The number of benzene rings is 3. The molecule has 0 atom stereocenters. The number of aliphatic hydroxyl groups excluding tert-OH is 1. The van der Waals surface area contributed by atoms with E-state index in [-0.39, 0.29) is 43.5 Å². The van der Waals surface area contributed by atoms with Crippen molar-refractivity contribution in [3.05, 3.63) is 96.1 Å². The summed E-state index contributed by atoms with van der Waals surface area (Å²) in [4.78, 5) is 26.1. The molecule has 0 saturated carbocycles. The number of carbonyl (C=O) groups excluding carboxylic acids is 1. The van der Waals surface area contributed by atoms with Crippen LogP contribution in [0.2, 0.25) is 19.6 Å². The second-order valence-corrected chi connectivity index (χ2v) is 20.4. The van der Waals surface area contributed by atoms with Crippen LogP contribution in [0.3, 0.4) is 0 Å². The molecule has 6 rings (SSSR count). The van der Waals surface area contributed by atoms with Crippen molar-refractivity contribution >= 4 is 61.5 Å². The number of nitrogens with zero attached hydrogens (tertiary/aromatic N) is 3. The number of fused-ring (bicyclic) bond motifs is 4. The van der Waals surface area contributed by atoms with Crippen molar-refractivity contribution in [2.24, 2.45) is 11.8 Å². The molecule has 3 aromatic carbocycles. The number of carbonyl (C=O) groups is 1. The van der Waals surface area contributed by atoms with E-state index in [1.165, 1.54) is 26.9 Å². The number of ketones is 1. The van der Waals surface area contributed by atoms with Crippen molar-refractivity contribution in [1.82, 2.24) is 15.0 Å². The number of aromatic nitrogens is 3. The fourth-order valence-electron chi connectivity index (χ4n) is 6.56. The number of pyridine rings is 1. The number of hydrogen-bond donors (Lipinski definition) is 1. The first-order valence-corrected chi connectivity index (χ1v) is 22.2. The van der Waals surface area contributed by atoms with Crippen LogP contribution in [0.1, 0.15) is 64.6 Å². The monoisotopic (exact) mass is 893 g/mol. The first-order chi connectivity index (χ1) is 23.9. The van der Waals surface area contributed by atoms with Gasteiger partial charge in [-0.3, -0.25) is 14.8 Å². The molecule has 1 radical (unpaired) electrons. The van der Waals surface area contributed by atoms with Gasteiger partial charge in [-0.05, 0) is 63.3 Å². The van der Waals surface area contributed by atoms with E-state index in [1.807, 2.05) is 27.7 Å². The van der Waals surface area contributed by atoms with E-state index >= 15 is 0 Å². The quantitative estimate of drug-likeness (QED) is 0.0642. The van der Waals surface area contributed by atoms with Crippen LogP contribution in [0.4, 0.5) is 0 Å². The van der Waals surface area contributed by atoms with E-state index in [0.717, 1.165) is 74.9 Å². The van der Waals surface area contributed by atoms with Crippen molar-refractivity contribution in [1.29, 1.82) is 0 Å². The van der Waals surface area contributed by atoms with Gasteiger partial charge in [-0.2, -0.15) is 0 Å². The Morgan fingerprint density at radius 1 is 0.882 bits per heavy atom. The van der Waals surface area contributed by atoms with E-state index in [2.05, 4.69) is 100 Å². The second-order valence-electron chi connectivity index (χ2n) is 14.3. The summed E-state index contributed by atoms with van der Waals surface area (Å²) in [5.41, 5.74) is 7.24. The normalized spacial score (nSPS) is 12.0. The Hall–Kier alpha value is -3.55. The summed E-state index contributed by atoms with van der Waals surface area (Å²) >= 11 is 1.79. The van der Waals surface area contributed by atoms with Gasteiger partial charge in [-0.15, -0.1) is 34.9 Å². The van der Waals surface area contributed by atoms with Crippen LogP contribution in [0.15, 0.2) is 78.8 Å². The van der Waals surface area contributed by atoms with Crippen LogP contribution in [0.5, 0.6) is 0 Å². The smallest absolute Gasteiger partial charge is 0.162 e. The Kier molecular flexibility index (Phi) is 13.7. The topological polar surface area (TPSA) is 76.0 Å². The fraction of sp³-hybridized carbons (Fsp3) is 0.349. The minimum absolute atomic E-state index is 0. The van der Waals surface area contributed by atoms with E-state index < -0.39 is 8.07 Å². The minimum atomic E-state index is -1.40. The molecule has 8 heteroatoms. The maximum atomic E-state index is 11.7. The molecule has 0 bridgehead atoms. The van der Waals surface area contributed by atoms with Crippen LogP contribution in [-0.2, 0) is 24.9 Å². The van der Waals surface area contributed by atoms with Crippen LogP contribution in [0, 0.1) is 31.7 Å². The molecule has 0 aliphatic heterocycles. The Bertz CT molecular complexity index is 2160. The van der Waals surface area contributed by atoms with Crippen LogP contribution < -0.4 is 5.19 Å². The van der Waals surface area contributed by atoms with Crippen molar-refractivity contribution < 1.29 is 30.0 Å². The number of rotatable bonds is 10. The summed E-state index contributed by atoms with van der Waals surface area (Å²) in [5.74, 6) is 0.547. The number of allylic oxidation sites excluding steroid dienone is 2. The Balaban J connectivity index is 0.000000312. The summed E-state index contributed by atoms with van der Waals surface area (Å²) in [7, 11) is -1.40. The minimum Gasteiger partial charge on any atom is -0.512 e. The predicted molar refractivity (Wildman–Crippen MR) is 216 cm³/mol. The van der Waals surface area contributed by atoms with Gasteiger partial charge in [0.1, 0.15) is 6.33 Å². The number of aliphatic hydroxyl groups is 1. The molecular weight excluding hydrogens is 843 g/mol. The number of thiophene rings is 1. The predicted octanol–water partition coefficient (Wildman–Crippen LogP) is 11.6. The number of aryl methyl sites for hydroxylation is 2. The molecule has 1 N–H and O–H groups in total. The maximum Gasteiger partial charge on any atom is 0.162 e. The zero-order valence-electron chi connectivity index (χ0n) is 31.4. The first kappa shape index (κ1) is 40.2. The van der Waals surface area contributed by atoms with Gasteiger partial charge < -0.3 is 5.11 Å². The standard InChI is InChI=1S/C30H26N3SSi.C13H24O2.Ir/c1-18-12-19(2)33-26(13-18)25-15-21(14-20-8-6-7-9-23(20)25)28-30-29(32-17-31-28)24-11-10-22(35(3,4)5)16-27(24)34-30;1-5-10(6-2)12(14)9-13(15)11(7-3)8-4;/h6-13,15-17H,1-5H3;9-11,14H,5-8H2,1-4H3;/q-1;;/b;12-9-;. The largest absolute Gasteiger partial charge is 0.512 e. The third-order valence-corrected chi connectivity index (χ3v) is 12.8. The Labute approximate surface area is 322 Å². The van der Waals surface area contributed by atoms with Gasteiger partial charge >= 0.3 is 0 Å². The molecule has 0 aliphatic rings. The molecule has 6 aromatic rings. The third-order valence-electron chi connectivity index (χ3n) is 9.60. The average molecular weight is 893 g/mol. The van der Waals surface area contributed by atoms with Gasteiger partial charge in [-0.25, -0.2) is 4.98 Å². The molecule has 0 amide bonds. The molecule has 0 fully saturated rings. The first-order valence-electron chi connectivity index (χ1n) is 17.9. The molecule has 0 spiro atoms. The van der Waals surface area contributed by atoms with E-state index in [0.29, 0.717) is 0 Å². The SMILES string of the molecule is CCC(CC)C(=O)/C=C(\O)C(CC)CC.Cc1cc(C)nc(-c2cc(-c3ncnc4c3sc3cc([Si](C)(C)C)ccc34)[c-]c3ccccc23)c1.[Ir]. The maximum absolute atomic E-state index is 11.7. The van der Waals surface area contributed by atoms with Gasteiger partial charge in [-0.1, -0.05) is 99.4 Å². The fourth-order valence-corrected chi connectivity index (χ4v) is 9.03. The zero-order chi connectivity index (χ0) is 36.2. The van der Waals surface area contributed by atoms with Gasteiger partial charge in [0.25, 0.3) is 0 Å². The van der Waals surface area contributed by atoms with Crippen molar-refractivity contribution in [3.63, 3.8) is 0 Å². The summed E-state index contributed by atoms with van der Waals surface area (Å²) < 4.78 is 2.39. The average Bonchev–Trinajstić information content (AvgIpc) is 3.46. The van der Waals surface area contributed by atoms with Crippen molar-refractivity contribution in [2.45, 2.75) is 86.9 Å². The molecule has 0 aliphatic carbocycles. The van der Waals surface area contributed by atoms with E-state index in [9.17, 15) is 9.90 Å².